The van der Waals surface area contributed by atoms with E-state index in [4.69, 9.17) is 14.2 Å². The third-order valence-corrected chi connectivity index (χ3v) is 5.18. The second-order valence-electron chi connectivity index (χ2n) is 7.66. The van der Waals surface area contributed by atoms with E-state index in [9.17, 15) is 4.79 Å². The summed E-state index contributed by atoms with van der Waals surface area (Å²) in [6.45, 7) is 7.40. The molecular formula is C22H37N5O4. The number of nitrogens with one attached hydrogen (secondary N) is 2. The van der Waals surface area contributed by atoms with Crippen molar-refractivity contribution in [2.24, 2.45) is 4.99 Å². The quantitative estimate of drug-likeness (QED) is 0.323. The minimum Gasteiger partial charge on any atom is -0.497 e. The van der Waals surface area contributed by atoms with Gasteiger partial charge < -0.3 is 29.7 Å². The molecule has 1 atom stereocenters. The average Bonchev–Trinajstić information content (AvgIpc) is 2.79. The Bertz CT molecular complexity index is 720. The zero-order valence-electron chi connectivity index (χ0n) is 19.4. The molecule has 1 unspecified atom stereocenters. The molecule has 0 saturated carbocycles. The number of methoxy groups -OCH3 is 2. The fourth-order valence-electron chi connectivity index (χ4n) is 3.24. The molecule has 174 valence electrons. The summed E-state index contributed by atoms with van der Waals surface area (Å²) in [5, 5.41) is 6.75. The molecule has 1 aliphatic heterocycles. The molecule has 1 amide bonds. The summed E-state index contributed by atoms with van der Waals surface area (Å²) in [5.41, 5.74) is 0.948. The van der Waals surface area contributed by atoms with Gasteiger partial charge in [0, 0.05) is 39.3 Å². The number of rotatable bonds is 10. The first-order chi connectivity index (χ1) is 14.9. The Kier molecular flexibility index (Phi) is 10.4. The highest BCUT2D eigenvalue weighted by atomic mass is 16.5. The molecule has 0 bridgehead atoms. The van der Waals surface area contributed by atoms with Gasteiger partial charge in [-0.15, -0.1) is 0 Å². The Morgan fingerprint density at radius 2 is 2.00 bits per heavy atom. The predicted molar refractivity (Wildman–Crippen MR) is 122 cm³/mol. The highest BCUT2D eigenvalue weighted by Gasteiger charge is 2.15. The third-order valence-electron chi connectivity index (χ3n) is 5.18. The van der Waals surface area contributed by atoms with Crippen LogP contribution >= 0.6 is 0 Å². The van der Waals surface area contributed by atoms with E-state index in [1.807, 2.05) is 25.1 Å². The van der Waals surface area contributed by atoms with Crippen LogP contribution in [-0.4, -0.2) is 95.9 Å². The molecule has 9 nitrogen and oxygen atoms in total. The van der Waals surface area contributed by atoms with Crippen LogP contribution < -0.4 is 20.1 Å². The van der Waals surface area contributed by atoms with E-state index in [1.54, 1.807) is 28.3 Å². The van der Waals surface area contributed by atoms with E-state index in [0.29, 0.717) is 5.96 Å². The molecule has 2 N–H and O–H groups in total. The number of carbonyl (C=O) groups excluding carboxylic acids is 1. The number of aliphatic imine (C=N–C) groups is 1. The van der Waals surface area contributed by atoms with E-state index >= 15 is 0 Å². The van der Waals surface area contributed by atoms with Gasteiger partial charge in [-0.05, 0) is 38.1 Å². The number of benzene rings is 1. The molecule has 0 spiro atoms. The van der Waals surface area contributed by atoms with Crippen molar-refractivity contribution >= 4 is 11.9 Å². The van der Waals surface area contributed by atoms with E-state index in [1.165, 1.54) is 4.90 Å². The highest BCUT2D eigenvalue weighted by Crippen LogP contribution is 2.29. The number of guanidine groups is 1. The van der Waals surface area contributed by atoms with Gasteiger partial charge in [-0.25, -0.2) is 4.99 Å². The summed E-state index contributed by atoms with van der Waals surface area (Å²) in [7, 11) is 6.74. The van der Waals surface area contributed by atoms with Gasteiger partial charge >= 0.3 is 0 Å². The second-order valence-corrected chi connectivity index (χ2v) is 7.66. The number of hydrogen-bond acceptors (Lipinski definition) is 6. The first-order valence-corrected chi connectivity index (χ1v) is 10.7. The van der Waals surface area contributed by atoms with Crippen molar-refractivity contribution in [3.05, 3.63) is 23.8 Å². The lowest BCUT2D eigenvalue weighted by atomic mass is 10.1. The number of carbonyl (C=O) groups is 1. The molecule has 31 heavy (non-hydrogen) atoms. The monoisotopic (exact) mass is 435 g/mol. The van der Waals surface area contributed by atoms with Gasteiger partial charge in [0.25, 0.3) is 0 Å². The van der Waals surface area contributed by atoms with Crippen molar-refractivity contribution < 1.29 is 19.0 Å². The van der Waals surface area contributed by atoms with Crippen LogP contribution in [0.3, 0.4) is 0 Å². The standard InChI is InChI=1S/C22H37N5O4/c1-17(19-15-18(29-4)7-8-20(19)30-5)25-22(24-16-21(28)26(2)3)23-9-6-10-27-11-13-31-14-12-27/h7-8,15,17H,6,9-14,16H2,1-5H3,(H2,23,24,25). The molecule has 1 saturated heterocycles. The minimum atomic E-state index is -0.106. The molecule has 1 aromatic rings. The Hall–Kier alpha value is -2.52. The summed E-state index contributed by atoms with van der Waals surface area (Å²) >= 11 is 0. The molecule has 1 aromatic carbocycles. The zero-order chi connectivity index (χ0) is 22.6. The SMILES string of the molecule is COc1ccc(OC)c(C(C)NC(=NCC(=O)N(C)C)NCCCN2CCOCC2)c1. The van der Waals surface area contributed by atoms with E-state index in [2.05, 4.69) is 20.5 Å². The van der Waals surface area contributed by atoms with Gasteiger partial charge in [-0.3, -0.25) is 9.69 Å². The first kappa shape index (κ1) is 24.7. The molecule has 1 heterocycles. The lowest BCUT2D eigenvalue weighted by Crippen LogP contribution is -2.42. The summed E-state index contributed by atoms with van der Waals surface area (Å²) in [6, 6.07) is 5.58. The van der Waals surface area contributed by atoms with Crippen LogP contribution in [0.1, 0.15) is 24.9 Å². The largest absolute Gasteiger partial charge is 0.497 e. The summed E-state index contributed by atoms with van der Waals surface area (Å²) in [4.78, 5) is 20.5. The maximum Gasteiger partial charge on any atom is 0.243 e. The van der Waals surface area contributed by atoms with Gasteiger partial charge in [0.2, 0.25) is 5.91 Å². The minimum absolute atomic E-state index is 0.0546. The number of morpholine rings is 1. The molecule has 0 aromatic heterocycles. The average molecular weight is 436 g/mol. The van der Waals surface area contributed by atoms with Gasteiger partial charge in [0.05, 0.1) is 33.5 Å². The fourth-order valence-corrected chi connectivity index (χ4v) is 3.24. The number of amides is 1. The number of hydrogen-bond donors (Lipinski definition) is 2. The topological polar surface area (TPSA) is 87.7 Å². The Balaban J connectivity index is 2.01. The highest BCUT2D eigenvalue weighted by molar-refractivity contribution is 5.85. The van der Waals surface area contributed by atoms with E-state index in [-0.39, 0.29) is 18.5 Å². The van der Waals surface area contributed by atoms with Crippen molar-refractivity contribution in [1.82, 2.24) is 20.4 Å². The van der Waals surface area contributed by atoms with E-state index < -0.39 is 0 Å². The van der Waals surface area contributed by atoms with Gasteiger partial charge in [-0.1, -0.05) is 0 Å². The molecule has 1 fully saturated rings. The lowest BCUT2D eigenvalue weighted by Gasteiger charge is -2.26. The molecule has 2 rings (SSSR count). The van der Waals surface area contributed by atoms with E-state index in [0.717, 1.165) is 62.9 Å². The first-order valence-electron chi connectivity index (χ1n) is 10.7. The van der Waals surface area contributed by atoms with Crippen LogP contribution in [-0.2, 0) is 9.53 Å². The summed E-state index contributed by atoms with van der Waals surface area (Å²) in [6.07, 6.45) is 0.971. The second kappa shape index (κ2) is 13.0. The lowest BCUT2D eigenvalue weighted by molar-refractivity contribution is -0.127. The van der Waals surface area contributed by atoms with Crippen LogP contribution in [0.4, 0.5) is 0 Å². The van der Waals surface area contributed by atoms with Crippen molar-refractivity contribution in [3.63, 3.8) is 0 Å². The number of nitrogens with zero attached hydrogens (tertiary/aromatic N) is 3. The normalized spacial score (nSPS) is 15.8. The smallest absolute Gasteiger partial charge is 0.243 e. The van der Waals surface area contributed by atoms with Crippen molar-refractivity contribution in [1.29, 1.82) is 0 Å². The van der Waals surface area contributed by atoms with Crippen LogP contribution in [0.15, 0.2) is 23.2 Å². The molecule has 9 heteroatoms. The predicted octanol–water partition coefficient (Wildman–Crippen LogP) is 1.11. The van der Waals surface area contributed by atoms with Crippen LogP contribution in [0.5, 0.6) is 11.5 Å². The maximum atomic E-state index is 12.0. The van der Waals surface area contributed by atoms with Crippen LogP contribution in [0.2, 0.25) is 0 Å². The number of ether oxygens (including phenoxy) is 3. The fraction of sp³-hybridized carbons (Fsp3) is 0.636. The van der Waals surface area contributed by atoms with Crippen molar-refractivity contribution in [2.75, 3.05) is 74.3 Å². The molecule has 1 aliphatic rings. The van der Waals surface area contributed by atoms with Gasteiger partial charge in [0.1, 0.15) is 18.0 Å². The molecule has 0 radical (unpaired) electrons. The Labute approximate surface area is 185 Å². The maximum absolute atomic E-state index is 12.0. The summed E-state index contributed by atoms with van der Waals surface area (Å²) < 4.78 is 16.3. The zero-order valence-corrected chi connectivity index (χ0v) is 19.4. The molecule has 0 aliphatic carbocycles. The third kappa shape index (κ3) is 8.26. The van der Waals surface area contributed by atoms with Crippen molar-refractivity contribution in [3.8, 4) is 11.5 Å². The van der Waals surface area contributed by atoms with Crippen LogP contribution in [0, 0.1) is 0 Å². The Morgan fingerprint density at radius 1 is 1.26 bits per heavy atom. The Morgan fingerprint density at radius 3 is 2.65 bits per heavy atom. The summed E-state index contributed by atoms with van der Waals surface area (Å²) in [5.74, 6) is 2.05. The van der Waals surface area contributed by atoms with Gasteiger partial charge in [0.15, 0.2) is 5.96 Å². The molecular weight excluding hydrogens is 398 g/mol. The van der Waals surface area contributed by atoms with Crippen LogP contribution in [0.25, 0.3) is 0 Å². The van der Waals surface area contributed by atoms with Crippen molar-refractivity contribution in [2.45, 2.75) is 19.4 Å². The number of likely N-dealkylation sites (N-methyl/N-ethyl adjacent to an activating group) is 1. The van der Waals surface area contributed by atoms with Gasteiger partial charge in [-0.2, -0.15) is 0 Å².